The Labute approximate surface area is 119 Å². The van der Waals surface area contributed by atoms with E-state index >= 15 is 0 Å². The van der Waals surface area contributed by atoms with E-state index in [1.165, 1.54) is 30.8 Å². The minimum absolute atomic E-state index is 0.0872. The van der Waals surface area contributed by atoms with Gasteiger partial charge < -0.3 is 16.4 Å². The fourth-order valence-electron chi connectivity index (χ4n) is 1.73. The van der Waals surface area contributed by atoms with Gasteiger partial charge in [0, 0.05) is 12.6 Å². The molecular weight excluding hydrogens is 260 g/mol. The molecule has 0 aromatic carbocycles. The molecule has 108 valence electrons. The first-order chi connectivity index (χ1) is 9.06. The Bertz CT molecular complexity index is 403. The van der Waals surface area contributed by atoms with Gasteiger partial charge in [0.2, 0.25) is 0 Å². The van der Waals surface area contributed by atoms with Gasteiger partial charge in [-0.15, -0.1) is 0 Å². The van der Waals surface area contributed by atoms with Crippen LogP contribution >= 0.6 is 11.5 Å². The summed E-state index contributed by atoms with van der Waals surface area (Å²) in [4.78, 5) is 12.0. The smallest absolute Gasteiger partial charge is 0.258 e. The van der Waals surface area contributed by atoms with Crippen molar-refractivity contribution in [2.75, 3.05) is 17.6 Å². The fraction of sp³-hybridized carbons (Fsp3) is 0.692. The number of nitrogen functional groups attached to an aromatic ring is 1. The molecule has 1 aromatic heterocycles. The van der Waals surface area contributed by atoms with Crippen molar-refractivity contribution in [3.63, 3.8) is 0 Å². The van der Waals surface area contributed by atoms with Gasteiger partial charge in [0.25, 0.3) is 5.91 Å². The summed E-state index contributed by atoms with van der Waals surface area (Å²) in [6, 6.07) is 0.0872. The van der Waals surface area contributed by atoms with Crippen LogP contribution in [0.15, 0.2) is 0 Å². The van der Waals surface area contributed by atoms with Crippen molar-refractivity contribution < 1.29 is 4.79 Å². The van der Waals surface area contributed by atoms with Gasteiger partial charge >= 0.3 is 0 Å². The van der Waals surface area contributed by atoms with E-state index in [-0.39, 0.29) is 11.9 Å². The van der Waals surface area contributed by atoms with E-state index in [1.807, 2.05) is 13.8 Å². The maximum Gasteiger partial charge on any atom is 0.258 e. The lowest BCUT2D eigenvalue weighted by Crippen LogP contribution is -2.30. The molecule has 0 spiro atoms. The first-order valence-electron chi connectivity index (χ1n) is 6.86. The lowest BCUT2D eigenvalue weighted by Gasteiger charge is -2.10. The molecule has 0 aliphatic carbocycles. The molecule has 0 atom stereocenters. The number of hydrogen-bond donors (Lipinski definition) is 3. The van der Waals surface area contributed by atoms with Crippen molar-refractivity contribution in [3.05, 3.63) is 5.56 Å². The summed E-state index contributed by atoms with van der Waals surface area (Å²) in [5.74, 6) is 0.150. The van der Waals surface area contributed by atoms with Crippen LogP contribution < -0.4 is 16.4 Å². The first-order valence-corrected chi connectivity index (χ1v) is 7.63. The molecule has 0 fully saturated rings. The number of rotatable bonds is 8. The van der Waals surface area contributed by atoms with Gasteiger partial charge in [-0.1, -0.05) is 26.2 Å². The quantitative estimate of drug-likeness (QED) is 0.641. The van der Waals surface area contributed by atoms with Crippen LogP contribution in [0.3, 0.4) is 0 Å². The summed E-state index contributed by atoms with van der Waals surface area (Å²) in [5.41, 5.74) is 6.25. The SMILES string of the molecule is CCCCCCNc1snc(N)c1C(=O)NC(C)C. The van der Waals surface area contributed by atoms with Crippen molar-refractivity contribution in [3.8, 4) is 0 Å². The Morgan fingerprint density at radius 3 is 2.74 bits per heavy atom. The highest BCUT2D eigenvalue weighted by atomic mass is 32.1. The number of carbonyl (C=O) groups is 1. The topological polar surface area (TPSA) is 80.0 Å². The molecule has 0 unspecified atom stereocenters. The largest absolute Gasteiger partial charge is 0.382 e. The number of unbranched alkanes of at least 4 members (excludes halogenated alkanes) is 3. The van der Waals surface area contributed by atoms with Gasteiger partial charge in [-0.3, -0.25) is 4.79 Å². The monoisotopic (exact) mass is 284 g/mol. The zero-order chi connectivity index (χ0) is 14.3. The highest BCUT2D eigenvalue weighted by Gasteiger charge is 2.19. The fourth-order valence-corrected chi connectivity index (χ4v) is 2.47. The van der Waals surface area contributed by atoms with Gasteiger partial charge in [0.05, 0.1) is 0 Å². The number of aromatic nitrogens is 1. The molecule has 0 aliphatic rings. The minimum atomic E-state index is -0.155. The maximum absolute atomic E-state index is 12.0. The van der Waals surface area contributed by atoms with Gasteiger partial charge in [0.1, 0.15) is 10.6 Å². The zero-order valence-electron chi connectivity index (χ0n) is 12.0. The summed E-state index contributed by atoms with van der Waals surface area (Å²) in [7, 11) is 0. The second kappa shape index (κ2) is 7.99. The molecular formula is C13H24N4OS. The minimum Gasteiger partial charge on any atom is -0.382 e. The predicted octanol–water partition coefficient (Wildman–Crippen LogP) is 2.86. The van der Waals surface area contributed by atoms with E-state index in [9.17, 15) is 4.79 Å². The summed E-state index contributed by atoms with van der Waals surface area (Å²) in [6.45, 7) is 6.88. The summed E-state index contributed by atoms with van der Waals surface area (Å²) < 4.78 is 4.06. The molecule has 0 radical (unpaired) electrons. The van der Waals surface area contributed by atoms with E-state index in [0.29, 0.717) is 11.4 Å². The summed E-state index contributed by atoms with van der Waals surface area (Å²) >= 11 is 1.25. The lowest BCUT2D eigenvalue weighted by molar-refractivity contribution is 0.0945. The molecule has 1 heterocycles. The number of nitrogens with two attached hydrogens (primary N) is 1. The van der Waals surface area contributed by atoms with Gasteiger partial charge in [-0.25, -0.2) is 0 Å². The Morgan fingerprint density at radius 1 is 1.37 bits per heavy atom. The summed E-state index contributed by atoms with van der Waals surface area (Å²) in [5, 5.41) is 6.88. The van der Waals surface area contributed by atoms with E-state index in [1.54, 1.807) is 0 Å². The lowest BCUT2D eigenvalue weighted by atomic mass is 10.2. The predicted molar refractivity (Wildman–Crippen MR) is 81.8 cm³/mol. The average molecular weight is 284 g/mol. The molecule has 5 nitrogen and oxygen atoms in total. The Morgan fingerprint density at radius 2 is 2.11 bits per heavy atom. The van der Waals surface area contributed by atoms with Crippen LogP contribution in [0.1, 0.15) is 56.8 Å². The molecule has 1 amide bonds. The van der Waals surface area contributed by atoms with Crippen LogP contribution in [0.4, 0.5) is 10.8 Å². The molecule has 1 rings (SSSR count). The van der Waals surface area contributed by atoms with Crippen molar-refractivity contribution in [2.45, 2.75) is 52.5 Å². The van der Waals surface area contributed by atoms with Crippen LogP contribution in [0.25, 0.3) is 0 Å². The Balaban J connectivity index is 2.56. The van der Waals surface area contributed by atoms with Crippen molar-refractivity contribution in [1.29, 1.82) is 0 Å². The molecule has 6 heteroatoms. The third-order valence-corrected chi connectivity index (χ3v) is 3.50. The number of anilines is 2. The molecule has 4 N–H and O–H groups in total. The average Bonchev–Trinajstić information content (AvgIpc) is 2.69. The van der Waals surface area contributed by atoms with E-state index < -0.39 is 0 Å². The third-order valence-electron chi connectivity index (χ3n) is 2.68. The highest BCUT2D eigenvalue weighted by Crippen LogP contribution is 2.26. The van der Waals surface area contributed by atoms with E-state index in [0.717, 1.165) is 18.0 Å². The van der Waals surface area contributed by atoms with Crippen LogP contribution in [0, 0.1) is 0 Å². The van der Waals surface area contributed by atoms with Crippen molar-refractivity contribution in [2.24, 2.45) is 0 Å². The normalized spacial score (nSPS) is 10.7. The van der Waals surface area contributed by atoms with Gasteiger partial charge in [0.15, 0.2) is 5.82 Å². The molecule has 0 aliphatic heterocycles. The Hall–Kier alpha value is -1.30. The first kappa shape index (κ1) is 15.8. The van der Waals surface area contributed by atoms with Crippen LogP contribution in [0.2, 0.25) is 0 Å². The number of amides is 1. The molecule has 0 saturated carbocycles. The van der Waals surface area contributed by atoms with Crippen LogP contribution in [0.5, 0.6) is 0 Å². The van der Waals surface area contributed by atoms with Crippen molar-refractivity contribution in [1.82, 2.24) is 9.69 Å². The standard InChI is InChI=1S/C13H24N4OS/c1-4-5-6-7-8-15-13-10(11(14)17-19-13)12(18)16-9(2)3/h9,15H,4-8H2,1-3H3,(H2,14,17)(H,16,18). The van der Waals surface area contributed by atoms with Crippen molar-refractivity contribution >= 4 is 28.3 Å². The summed E-state index contributed by atoms with van der Waals surface area (Å²) in [6.07, 6.45) is 4.75. The van der Waals surface area contributed by atoms with Crippen LogP contribution in [-0.2, 0) is 0 Å². The maximum atomic E-state index is 12.0. The number of carbonyl (C=O) groups excluding carboxylic acids is 1. The van der Waals surface area contributed by atoms with Crippen LogP contribution in [-0.4, -0.2) is 22.9 Å². The highest BCUT2D eigenvalue weighted by molar-refractivity contribution is 7.11. The number of nitrogens with zero attached hydrogens (tertiary/aromatic N) is 1. The molecule has 19 heavy (non-hydrogen) atoms. The second-order valence-electron chi connectivity index (χ2n) is 4.89. The number of hydrogen-bond acceptors (Lipinski definition) is 5. The third kappa shape index (κ3) is 5.06. The molecule has 0 bridgehead atoms. The van der Waals surface area contributed by atoms with E-state index in [4.69, 9.17) is 5.73 Å². The Kier molecular flexibility index (Phi) is 6.62. The molecule has 0 saturated heterocycles. The second-order valence-corrected chi connectivity index (χ2v) is 5.66. The van der Waals surface area contributed by atoms with Gasteiger partial charge in [-0.2, -0.15) is 4.37 Å². The molecule has 1 aromatic rings. The van der Waals surface area contributed by atoms with Gasteiger partial charge in [-0.05, 0) is 31.8 Å². The number of nitrogens with one attached hydrogen (secondary N) is 2. The zero-order valence-corrected chi connectivity index (χ0v) is 12.8. The van der Waals surface area contributed by atoms with E-state index in [2.05, 4.69) is 21.9 Å².